The van der Waals surface area contributed by atoms with Gasteiger partial charge in [0.25, 0.3) is 0 Å². The summed E-state index contributed by atoms with van der Waals surface area (Å²) < 4.78 is 5.38. The molecular weight excluding hydrogens is 238 g/mol. The van der Waals surface area contributed by atoms with Gasteiger partial charge in [0.05, 0.1) is 0 Å². The number of allylic oxidation sites excluding steroid dienone is 1. The monoisotopic (exact) mass is 259 g/mol. The molecule has 0 N–H and O–H groups in total. The van der Waals surface area contributed by atoms with E-state index < -0.39 is 0 Å². The van der Waals surface area contributed by atoms with E-state index in [2.05, 4.69) is 6.58 Å². The van der Waals surface area contributed by atoms with Gasteiger partial charge >= 0.3 is 6.09 Å². The zero-order valence-electron chi connectivity index (χ0n) is 11.3. The topological polar surface area (TPSA) is 29.5 Å². The van der Waals surface area contributed by atoms with Crippen molar-refractivity contribution in [3.8, 4) is 0 Å². The van der Waals surface area contributed by atoms with Crippen molar-refractivity contribution in [3.63, 3.8) is 0 Å². The van der Waals surface area contributed by atoms with Crippen LogP contribution in [0, 0.1) is 0 Å². The molecule has 1 atom stereocenters. The first-order chi connectivity index (χ1) is 9.31. The van der Waals surface area contributed by atoms with Crippen molar-refractivity contribution in [2.24, 2.45) is 0 Å². The number of ether oxygens (including phenoxy) is 1. The summed E-state index contributed by atoms with van der Waals surface area (Å²) in [6, 6.07) is 10.1. The third kappa shape index (κ3) is 3.85. The maximum Gasteiger partial charge on any atom is 0.410 e. The van der Waals surface area contributed by atoms with E-state index in [1.807, 2.05) is 41.3 Å². The van der Waals surface area contributed by atoms with Gasteiger partial charge in [-0.1, -0.05) is 36.4 Å². The van der Waals surface area contributed by atoms with Crippen LogP contribution in [0.25, 0.3) is 0 Å². The van der Waals surface area contributed by atoms with Crippen LogP contribution in [-0.2, 0) is 11.3 Å². The third-order valence-corrected chi connectivity index (χ3v) is 3.52. The summed E-state index contributed by atoms with van der Waals surface area (Å²) in [7, 11) is 0. The Kier molecular flexibility index (Phi) is 5.01. The number of rotatable bonds is 5. The lowest BCUT2D eigenvalue weighted by atomic mass is 10.1. The molecule has 1 amide bonds. The lowest BCUT2D eigenvalue weighted by Gasteiger charge is -2.23. The summed E-state index contributed by atoms with van der Waals surface area (Å²) >= 11 is 0. The molecule has 0 aromatic heterocycles. The Bertz CT molecular complexity index is 416. The number of amides is 1. The molecule has 1 aliphatic rings. The van der Waals surface area contributed by atoms with Gasteiger partial charge in [0.15, 0.2) is 0 Å². The van der Waals surface area contributed by atoms with Gasteiger partial charge in [-0.2, -0.15) is 0 Å². The van der Waals surface area contributed by atoms with E-state index in [0.717, 1.165) is 37.8 Å². The second kappa shape index (κ2) is 6.98. The minimum atomic E-state index is -0.185. The molecule has 0 aliphatic carbocycles. The Morgan fingerprint density at radius 2 is 2.21 bits per heavy atom. The molecule has 19 heavy (non-hydrogen) atoms. The molecule has 3 heteroatoms. The minimum absolute atomic E-state index is 0.185. The predicted molar refractivity (Wildman–Crippen MR) is 75.8 cm³/mol. The molecule has 0 spiro atoms. The average Bonchev–Trinajstić information content (AvgIpc) is 2.92. The standard InChI is InChI=1S/C16H21NO2/c1-2-3-10-15-11-7-12-17(15)16(18)19-13-14-8-5-4-6-9-14/h2,4-6,8-9,15H,1,3,7,10-13H2. The Hall–Kier alpha value is -1.77. The number of nitrogens with zero attached hydrogens (tertiary/aromatic N) is 1. The largest absolute Gasteiger partial charge is 0.445 e. The number of hydrogen-bond acceptors (Lipinski definition) is 2. The fourth-order valence-corrected chi connectivity index (χ4v) is 2.49. The van der Waals surface area contributed by atoms with E-state index in [-0.39, 0.29) is 6.09 Å². The summed E-state index contributed by atoms with van der Waals surface area (Å²) in [5.74, 6) is 0. The molecule has 1 aromatic rings. The molecule has 0 saturated carbocycles. The quantitative estimate of drug-likeness (QED) is 0.754. The first-order valence-corrected chi connectivity index (χ1v) is 6.89. The van der Waals surface area contributed by atoms with Crippen LogP contribution < -0.4 is 0 Å². The fourth-order valence-electron chi connectivity index (χ4n) is 2.49. The Morgan fingerprint density at radius 1 is 1.42 bits per heavy atom. The molecule has 3 nitrogen and oxygen atoms in total. The number of benzene rings is 1. The molecule has 1 unspecified atom stereocenters. The van der Waals surface area contributed by atoms with Gasteiger partial charge in [0.2, 0.25) is 0 Å². The van der Waals surface area contributed by atoms with Gasteiger partial charge in [0, 0.05) is 12.6 Å². The molecule has 1 saturated heterocycles. The van der Waals surface area contributed by atoms with Crippen LogP contribution >= 0.6 is 0 Å². The van der Waals surface area contributed by atoms with Crippen LogP contribution in [0.4, 0.5) is 4.79 Å². The van der Waals surface area contributed by atoms with Crippen molar-refractivity contribution in [1.82, 2.24) is 4.90 Å². The predicted octanol–water partition coefficient (Wildman–Crippen LogP) is 3.75. The normalized spacial score (nSPS) is 18.3. The van der Waals surface area contributed by atoms with Crippen molar-refractivity contribution < 1.29 is 9.53 Å². The minimum Gasteiger partial charge on any atom is -0.445 e. The third-order valence-electron chi connectivity index (χ3n) is 3.52. The van der Waals surface area contributed by atoms with Crippen molar-refractivity contribution >= 4 is 6.09 Å². The smallest absolute Gasteiger partial charge is 0.410 e. The molecule has 102 valence electrons. The fraction of sp³-hybridized carbons (Fsp3) is 0.438. The molecule has 2 rings (SSSR count). The second-order valence-corrected chi connectivity index (χ2v) is 4.90. The van der Waals surface area contributed by atoms with E-state index in [1.54, 1.807) is 0 Å². The van der Waals surface area contributed by atoms with Gasteiger partial charge in [-0.25, -0.2) is 4.79 Å². The highest BCUT2D eigenvalue weighted by molar-refractivity contribution is 5.68. The van der Waals surface area contributed by atoms with Gasteiger partial charge in [-0.15, -0.1) is 6.58 Å². The lowest BCUT2D eigenvalue weighted by molar-refractivity contribution is 0.0910. The highest BCUT2D eigenvalue weighted by Gasteiger charge is 2.28. The number of carbonyl (C=O) groups excluding carboxylic acids is 1. The summed E-state index contributed by atoms with van der Waals surface area (Å²) in [5, 5.41) is 0. The van der Waals surface area contributed by atoms with Crippen LogP contribution in [0.15, 0.2) is 43.0 Å². The van der Waals surface area contributed by atoms with Crippen molar-refractivity contribution in [3.05, 3.63) is 48.6 Å². The van der Waals surface area contributed by atoms with Gasteiger partial charge in [-0.05, 0) is 31.2 Å². The highest BCUT2D eigenvalue weighted by atomic mass is 16.6. The summed E-state index contributed by atoms with van der Waals surface area (Å²) in [6.45, 7) is 4.90. The molecule has 0 radical (unpaired) electrons. The summed E-state index contributed by atoms with van der Waals surface area (Å²) in [6.07, 6.45) is 5.81. The second-order valence-electron chi connectivity index (χ2n) is 4.90. The van der Waals surface area contributed by atoms with Gasteiger partial charge in [0.1, 0.15) is 6.61 Å². The molecule has 0 bridgehead atoms. The zero-order chi connectivity index (χ0) is 13.5. The maximum atomic E-state index is 12.1. The molecular formula is C16H21NO2. The van der Waals surface area contributed by atoms with E-state index in [1.165, 1.54) is 0 Å². The first kappa shape index (κ1) is 13.7. The van der Waals surface area contributed by atoms with E-state index in [9.17, 15) is 4.79 Å². The Labute approximate surface area is 114 Å². The summed E-state index contributed by atoms with van der Waals surface area (Å²) in [5.41, 5.74) is 1.03. The zero-order valence-corrected chi connectivity index (χ0v) is 11.3. The molecule has 1 fully saturated rings. The van der Waals surface area contributed by atoms with E-state index in [4.69, 9.17) is 4.74 Å². The van der Waals surface area contributed by atoms with E-state index in [0.29, 0.717) is 12.6 Å². The maximum absolute atomic E-state index is 12.1. The van der Waals surface area contributed by atoms with Gasteiger partial charge < -0.3 is 9.64 Å². The number of likely N-dealkylation sites (tertiary alicyclic amines) is 1. The molecule has 1 aromatic carbocycles. The Morgan fingerprint density at radius 3 is 2.95 bits per heavy atom. The summed E-state index contributed by atoms with van der Waals surface area (Å²) in [4.78, 5) is 13.9. The Balaban J connectivity index is 1.83. The van der Waals surface area contributed by atoms with Crippen LogP contribution in [0.1, 0.15) is 31.2 Å². The molecule has 1 heterocycles. The number of carbonyl (C=O) groups is 1. The van der Waals surface area contributed by atoms with Crippen LogP contribution in [0.3, 0.4) is 0 Å². The molecule has 1 aliphatic heterocycles. The van der Waals surface area contributed by atoms with Crippen LogP contribution in [-0.4, -0.2) is 23.6 Å². The van der Waals surface area contributed by atoms with Crippen LogP contribution in [0.2, 0.25) is 0 Å². The van der Waals surface area contributed by atoms with Crippen molar-refractivity contribution in [2.75, 3.05) is 6.54 Å². The SMILES string of the molecule is C=CCCC1CCCN1C(=O)OCc1ccccc1. The van der Waals surface area contributed by atoms with Gasteiger partial charge in [-0.3, -0.25) is 0 Å². The van der Waals surface area contributed by atoms with E-state index >= 15 is 0 Å². The van der Waals surface area contributed by atoms with Crippen molar-refractivity contribution in [1.29, 1.82) is 0 Å². The van der Waals surface area contributed by atoms with Crippen LogP contribution in [0.5, 0.6) is 0 Å². The lowest BCUT2D eigenvalue weighted by Crippen LogP contribution is -2.35. The first-order valence-electron chi connectivity index (χ1n) is 6.89. The highest BCUT2D eigenvalue weighted by Crippen LogP contribution is 2.22. The average molecular weight is 259 g/mol. The number of hydrogen-bond donors (Lipinski definition) is 0. The van der Waals surface area contributed by atoms with Crippen molar-refractivity contribution in [2.45, 2.75) is 38.3 Å².